The van der Waals surface area contributed by atoms with E-state index in [4.69, 9.17) is 16.2 Å². The number of hydrogen-bond donors (Lipinski definition) is 3. The maximum Gasteiger partial charge on any atom is 0.278 e. The van der Waals surface area contributed by atoms with Gasteiger partial charge < -0.3 is 26.4 Å². The van der Waals surface area contributed by atoms with Crippen molar-refractivity contribution < 1.29 is 9.53 Å². The van der Waals surface area contributed by atoms with Gasteiger partial charge >= 0.3 is 0 Å². The van der Waals surface area contributed by atoms with Crippen LogP contribution >= 0.6 is 0 Å². The minimum atomic E-state index is -0.465. The number of nitrogens with two attached hydrogens (primary N) is 2. The first-order valence-electron chi connectivity index (χ1n) is 9.12. The lowest BCUT2D eigenvalue weighted by molar-refractivity contribution is 0.102. The van der Waals surface area contributed by atoms with E-state index in [1.165, 1.54) is 6.20 Å². The average molecular weight is 391 g/mol. The van der Waals surface area contributed by atoms with E-state index >= 15 is 0 Å². The molecule has 1 aliphatic rings. The second kappa shape index (κ2) is 7.72. The fourth-order valence-electron chi connectivity index (χ4n) is 3.22. The van der Waals surface area contributed by atoms with Crippen LogP contribution in [-0.4, -0.2) is 47.1 Å². The van der Waals surface area contributed by atoms with Crippen LogP contribution in [0.15, 0.2) is 48.9 Å². The first-order chi connectivity index (χ1) is 14.1. The Morgan fingerprint density at radius 2 is 2.10 bits per heavy atom. The van der Waals surface area contributed by atoms with E-state index in [0.717, 1.165) is 5.69 Å². The molecule has 1 atom stereocenters. The van der Waals surface area contributed by atoms with Crippen molar-refractivity contribution >= 4 is 23.1 Å². The highest BCUT2D eigenvalue weighted by Gasteiger charge is 2.22. The number of benzene rings is 1. The normalized spacial score (nSPS) is 16.3. The van der Waals surface area contributed by atoms with Gasteiger partial charge in [-0.15, -0.1) is 0 Å². The molecule has 0 aliphatic carbocycles. The molecule has 1 aromatic carbocycles. The summed E-state index contributed by atoms with van der Waals surface area (Å²) in [5, 5.41) is 2.84. The summed E-state index contributed by atoms with van der Waals surface area (Å²) in [6.07, 6.45) is 4.46. The van der Waals surface area contributed by atoms with E-state index in [1.807, 2.05) is 42.3 Å². The van der Waals surface area contributed by atoms with E-state index in [2.05, 4.69) is 20.3 Å². The van der Waals surface area contributed by atoms with E-state index < -0.39 is 5.91 Å². The highest BCUT2D eigenvalue weighted by Crippen LogP contribution is 2.31. The molecule has 9 heteroatoms. The standard InChI is InChI=1S/C20H21N7O2/c1-27-11-12(8-21)29-17-5-3-2-4-13(17)14-10-24-19(22)18(25-14)20(28)26-15-9-23-7-6-16(15)27/h2-7,9-10,12H,8,11,21H2,1H3,(H2,22,24)(H,26,28)/t12-/m1/s1. The summed E-state index contributed by atoms with van der Waals surface area (Å²) in [5.41, 5.74) is 14.4. The van der Waals surface area contributed by atoms with E-state index in [0.29, 0.717) is 35.8 Å². The molecule has 1 aliphatic heterocycles. The molecule has 3 aromatic rings. The van der Waals surface area contributed by atoms with Crippen LogP contribution in [0.5, 0.6) is 5.75 Å². The summed E-state index contributed by atoms with van der Waals surface area (Å²) in [7, 11) is 1.90. The Morgan fingerprint density at radius 1 is 1.28 bits per heavy atom. The van der Waals surface area contributed by atoms with E-state index in [9.17, 15) is 4.79 Å². The van der Waals surface area contributed by atoms with Gasteiger partial charge in [0.05, 0.1) is 36.0 Å². The van der Waals surface area contributed by atoms with Gasteiger partial charge in [0.25, 0.3) is 5.91 Å². The summed E-state index contributed by atoms with van der Waals surface area (Å²) < 4.78 is 6.21. The van der Waals surface area contributed by atoms with Gasteiger partial charge in [0.15, 0.2) is 11.5 Å². The van der Waals surface area contributed by atoms with Crippen molar-refractivity contribution in [3.63, 3.8) is 0 Å². The maximum atomic E-state index is 12.9. The number of amides is 1. The molecule has 2 aromatic heterocycles. The molecule has 0 saturated carbocycles. The highest BCUT2D eigenvalue weighted by molar-refractivity contribution is 6.07. The molecule has 0 spiro atoms. The fraction of sp³-hybridized carbons (Fsp3) is 0.200. The summed E-state index contributed by atoms with van der Waals surface area (Å²) >= 11 is 0. The maximum absolute atomic E-state index is 12.9. The van der Waals surface area contributed by atoms with Crippen LogP contribution < -0.4 is 26.4 Å². The van der Waals surface area contributed by atoms with Crippen molar-refractivity contribution in [2.24, 2.45) is 5.73 Å². The van der Waals surface area contributed by atoms with Crippen molar-refractivity contribution in [2.45, 2.75) is 6.10 Å². The van der Waals surface area contributed by atoms with Crippen molar-refractivity contribution in [1.82, 2.24) is 15.0 Å². The monoisotopic (exact) mass is 391 g/mol. The smallest absolute Gasteiger partial charge is 0.278 e. The Morgan fingerprint density at radius 3 is 2.93 bits per heavy atom. The van der Waals surface area contributed by atoms with E-state index in [1.54, 1.807) is 12.4 Å². The minimum Gasteiger partial charge on any atom is -0.487 e. The summed E-state index contributed by atoms with van der Waals surface area (Å²) in [4.78, 5) is 27.6. The molecular formula is C20H21N7O2. The molecule has 148 valence electrons. The third-order valence-electron chi connectivity index (χ3n) is 4.67. The molecule has 5 N–H and O–H groups in total. The van der Waals surface area contributed by atoms with Crippen LogP contribution in [0.1, 0.15) is 10.5 Å². The average Bonchev–Trinajstić information content (AvgIpc) is 2.74. The number of pyridine rings is 1. The van der Waals surface area contributed by atoms with Gasteiger partial charge in [-0.2, -0.15) is 0 Å². The number of nitrogens with one attached hydrogen (secondary N) is 1. The molecular weight excluding hydrogens is 370 g/mol. The van der Waals surface area contributed by atoms with Crippen molar-refractivity contribution in [3.8, 4) is 17.0 Å². The van der Waals surface area contributed by atoms with Crippen molar-refractivity contribution in [1.29, 1.82) is 0 Å². The number of likely N-dealkylation sites (N-methyl/N-ethyl adjacent to an activating group) is 1. The topological polar surface area (TPSA) is 132 Å². The van der Waals surface area contributed by atoms with Gasteiger partial charge in [-0.05, 0) is 18.2 Å². The number of rotatable bonds is 1. The third kappa shape index (κ3) is 3.67. The van der Waals surface area contributed by atoms with Crippen molar-refractivity contribution in [2.75, 3.05) is 36.1 Å². The van der Waals surface area contributed by atoms with Crippen molar-refractivity contribution in [3.05, 3.63) is 54.6 Å². The van der Waals surface area contributed by atoms with Gasteiger partial charge in [0.2, 0.25) is 0 Å². The number of fused-ring (bicyclic) bond motifs is 5. The van der Waals surface area contributed by atoms with Gasteiger partial charge in [-0.1, -0.05) is 12.1 Å². The first-order valence-corrected chi connectivity index (χ1v) is 9.12. The molecule has 4 rings (SSSR count). The number of anilines is 3. The lowest BCUT2D eigenvalue weighted by Gasteiger charge is -2.27. The molecule has 1 amide bonds. The second-order valence-electron chi connectivity index (χ2n) is 6.69. The number of carbonyl (C=O) groups excluding carboxylic acids is 1. The molecule has 0 saturated heterocycles. The predicted octanol–water partition coefficient (Wildman–Crippen LogP) is 1.53. The van der Waals surface area contributed by atoms with E-state index in [-0.39, 0.29) is 17.6 Å². The van der Waals surface area contributed by atoms with Crippen LogP contribution in [0.3, 0.4) is 0 Å². The third-order valence-corrected chi connectivity index (χ3v) is 4.67. The second-order valence-corrected chi connectivity index (χ2v) is 6.69. The Kier molecular flexibility index (Phi) is 4.96. The number of nitrogens with zero attached hydrogens (tertiary/aromatic N) is 4. The first kappa shape index (κ1) is 18.6. The number of hydrogen-bond acceptors (Lipinski definition) is 8. The van der Waals surface area contributed by atoms with Crippen LogP contribution in [0.4, 0.5) is 17.2 Å². The molecule has 29 heavy (non-hydrogen) atoms. The zero-order valence-electron chi connectivity index (χ0n) is 15.9. The quantitative estimate of drug-likeness (QED) is 0.569. The molecule has 3 heterocycles. The minimum absolute atomic E-state index is 0.0318. The number of para-hydroxylation sites is 1. The Hall–Kier alpha value is -3.72. The van der Waals surface area contributed by atoms with Gasteiger partial charge in [0, 0.05) is 25.4 Å². The van der Waals surface area contributed by atoms with Gasteiger partial charge in [-0.25, -0.2) is 9.97 Å². The lowest BCUT2D eigenvalue weighted by Crippen LogP contribution is -2.38. The number of carbonyl (C=O) groups is 1. The van der Waals surface area contributed by atoms with Crippen LogP contribution in [0.25, 0.3) is 11.3 Å². The number of nitrogen functional groups attached to an aromatic ring is 1. The largest absolute Gasteiger partial charge is 0.487 e. The zero-order valence-corrected chi connectivity index (χ0v) is 15.9. The van der Waals surface area contributed by atoms with Crippen LogP contribution in [0, 0.1) is 0 Å². The fourth-order valence-corrected chi connectivity index (χ4v) is 3.22. The SMILES string of the molecule is CN1C[C@@H](CN)Oc2ccccc2-c2cnc(N)c(n2)C(=O)Nc2cnccc21. The van der Waals surface area contributed by atoms with Gasteiger partial charge in [-0.3, -0.25) is 9.78 Å². The van der Waals surface area contributed by atoms with Crippen LogP contribution in [-0.2, 0) is 0 Å². The summed E-state index contributed by atoms with van der Waals surface area (Å²) in [6.45, 7) is 0.813. The Bertz CT molecular complexity index is 1060. The molecule has 0 radical (unpaired) electrons. The lowest BCUT2D eigenvalue weighted by atomic mass is 10.1. The summed E-state index contributed by atoms with van der Waals surface area (Å²) in [6, 6.07) is 9.24. The highest BCUT2D eigenvalue weighted by atomic mass is 16.5. The van der Waals surface area contributed by atoms with Crippen LogP contribution in [0.2, 0.25) is 0 Å². The predicted molar refractivity (Wildman–Crippen MR) is 111 cm³/mol. The summed E-state index contributed by atoms with van der Waals surface area (Å²) in [5.74, 6) is 0.182. The Labute approximate surface area is 167 Å². The number of aromatic nitrogens is 3. The molecule has 2 bridgehead atoms. The Balaban J connectivity index is 1.89. The number of ether oxygens (including phenoxy) is 1. The molecule has 0 unspecified atom stereocenters. The molecule has 0 fully saturated rings. The zero-order chi connectivity index (χ0) is 20.4. The van der Waals surface area contributed by atoms with Gasteiger partial charge in [0.1, 0.15) is 11.9 Å². The molecule has 9 nitrogen and oxygen atoms in total.